The molecule has 4 nitrogen and oxygen atoms in total. The molecular weight excluding hydrogens is 270 g/mol. The summed E-state index contributed by atoms with van der Waals surface area (Å²) in [7, 11) is 2.02. The summed E-state index contributed by atoms with van der Waals surface area (Å²) in [5, 5.41) is 9.58. The highest BCUT2D eigenvalue weighted by Gasteiger charge is 2.18. The first-order valence-electron chi connectivity index (χ1n) is 6.95. The predicted molar refractivity (Wildman–Crippen MR) is 80.9 cm³/mol. The second kappa shape index (κ2) is 5.97. The quantitative estimate of drug-likeness (QED) is 0.811. The van der Waals surface area contributed by atoms with E-state index in [1.54, 1.807) is 11.8 Å². The van der Waals surface area contributed by atoms with E-state index in [2.05, 4.69) is 46.0 Å². The summed E-state index contributed by atoms with van der Waals surface area (Å²) in [6, 6.07) is 8.36. The van der Waals surface area contributed by atoms with Crippen molar-refractivity contribution in [2.24, 2.45) is 7.05 Å². The minimum Gasteiger partial charge on any atom is -0.377 e. The topological polar surface area (TPSA) is 39.9 Å². The molecular formula is C15H19N3OS. The van der Waals surface area contributed by atoms with Gasteiger partial charge in [-0.25, -0.2) is 0 Å². The Labute approximate surface area is 123 Å². The monoisotopic (exact) mass is 289 g/mol. The Morgan fingerprint density at radius 3 is 3.05 bits per heavy atom. The Bertz CT molecular complexity index is 591. The van der Waals surface area contributed by atoms with E-state index in [4.69, 9.17) is 4.74 Å². The van der Waals surface area contributed by atoms with Crippen LogP contribution in [-0.2, 0) is 11.8 Å². The lowest BCUT2D eigenvalue weighted by Crippen LogP contribution is -2.08. The van der Waals surface area contributed by atoms with Crippen molar-refractivity contribution in [3.8, 4) is 11.4 Å². The number of thioether (sulfide) groups is 1. The van der Waals surface area contributed by atoms with Crippen LogP contribution < -0.4 is 0 Å². The second-order valence-electron chi connectivity index (χ2n) is 5.18. The molecule has 1 unspecified atom stereocenters. The molecule has 1 atom stereocenters. The molecule has 2 heterocycles. The van der Waals surface area contributed by atoms with E-state index in [1.807, 2.05) is 7.05 Å². The van der Waals surface area contributed by atoms with Crippen molar-refractivity contribution in [2.45, 2.75) is 31.0 Å². The lowest BCUT2D eigenvalue weighted by Gasteiger charge is -2.08. The van der Waals surface area contributed by atoms with Crippen LogP contribution >= 0.6 is 11.8 Å². The van der Waals surface area contributed by atoms with Crippen molar-refractivity contribution in [3.05, 3.63) is 29.8 Å². The van der Waals surface area contributed by atoms with Crippen molar-refractivity contribution >= 4 is 11.8 Å². The van der Waals surface area contributed by atoms with Gasteiger partial charge in [0.15, 0.2) is 11.0 Å². The van der Waals surface area contributed by atoms with Crippen LogP contribution in [0.5, 0.6) is 0 Å². The van der Waals surface area contributed by atoms with Crippen molar-refractivity contribution in [3.63, 3.8) is 0 Å². The molecule has 0 spiro atoms. The molecule has 106 valence electrons. The van der Waals surface area contributed by atoms with Gasteiger partial charge in [0.25, 0.3) is 0 Å². The molecule has 3 rings (SSSR count). The first kappa shape index (κ1) is 13.6. The molecule has 0 amide bonds. The van der Waals surface area contributed by atoms with Crippen LogP contribution in [0.3, 0.4) is 0 Å². The van der Waals surface area contributed by atoms with Crippen LogP contribution in [-0.4, -0.2) is 33.2 Å². The van der Waals surface area contributed by atoms with E-state index in [0.29, 0.717) is 6.10 Å². The highest BCUT2D eigenvalue weighted by atomic mass is 32.2. The third-order valence-electron chi connectivity index (χ3n) is 3.53. The van der Waals surface area contributed by atoms with Crippen LogP contribution in [0.2, 0.25) is 0 Å². The molecule has 0 saturated carbocycles. The number of ether oxygens (including phenoxy) is 1. The van der Waals surface area contributed by atoms with E-state index in [1.165, 1.54) is 12.0 Å². The van der Waals surface area contributed by atoms with Gasteiger partial charge in [-0.3, -0.25) is 0 Å². The van der Waals surface area contributed by atoms with Crippen LogP contribution in [0.4, 0.5) is 0 Å². The van der Waals surface area contributed by atoms with Crippen molar-refractivity contribution in [2.75, 3.05) is 12.4 Å². The predicted octanol–water partition coefficient (Wildman–Crippen LogP) is 3.06. The van der Waals surface area contributed by atoms with Gasteiger partial charge in [0.2, 0.25) is 0 Å². The molecule has 1 aromatic carbocycles. The van der Waals surface area contributed by atoms with Crippen molar-refractivity contribution in [1.29, 1.82) is 0 Å². The minimum atomic E-state index is 0.374. The Kier molecular flexibility index (Phi) is 4.08. The van der Waals surface area contributed by atoms with E-state index >= 15 is 0 Å². The maximum atomic E-state index is 5.64. The number of hydrogen-bond donors (Lipinski definition) is 0. The van der Waals surface area contributed by atoms with Gasteiger partial charge in [-0.2, -0.15) is 0 Å². The van der Waals surface area contributed by atoms with Crippen LogP contribution in [0.25, 0.3) is 11.4 Å². The highest BCUT2D eigenvalue weighted by Crippen LogP contribution is 2.25. The fourth-order valence-corrected chi connectivity index (χ4v) is 3.40. The first-order chi connectivity index (χ1) is 9.74. The molecule has 1 fully saturated rings. The summed E-state index contributed by atoms with van der Waals surface area (Å²) in [5.41, 5.74) is 2.35. The normalized spacial score (nSPS) is 18.6. The van der Waals surface area contributed by atoms with Crippen molar-refractivity contribution < 1.29 is 4.74 Å². The molecule has 20 heavy (non-hydrogen) atoms. The lowest BCUT2D eigenvalue weighted by atomic mass is 10.1. The number of aryl methyl sites for hydroxylation is 1. The van der Waals surface area contributed by atoms with Gasteiger partial charge < -0.3 is 9.30 Å². The number of nitrogens with zero attached hydrogens (tertiary/aromatic N) is 3. The van der Waals surface area contributed by atoms with Crippen molar-refractivity contribution in [1.82, 2.24) is 14.8 Å². The fourth-order valence-electron chi connectivity index (χ4n) is 2.42. The first-order valence-corrected chi connectivity index (χ1v) is 7.93. The molecule has 0 N–H and O–H groups in total. The molecule has 1 saturated heterocycles. The van der Waals surface area contributed by atoms with E-state index in [0.717, 1.165) is 35.3 Å². The van der Waals surface area contributed by atoms with Gasteiger partial charge in [0.05, 0.1) is 6.10 Å². The van der Waals surface area contributed by atoms with E-state index < -0.39 is 0 Å². The zero-order chi connectivity index (χ0) is 13.9. The molecule has 2 aromatic rings. The van der Waals surface area contributed by atoms with Gasteiger partial charge in [-0.1, -0.05) is 35.5 Å². The largest absolute Gasteiger partial charge is 0.377 e. The molecule has 5 heteroatoms. The molecule has 1 aromatic heterocycles. The Morgan fingerprint density at radius 2 is 2.30 bits per heavy atom. The van der Waals surface area contributed by atoms with Gasteiger partial charge in [-0.05, 0) is 25.8 Å². The summed E-state index contributed by atoms with van der Waals surface area (Å²) >= 11 is 1.73. The second-order valence-corrected chi connectivity index (χ2v) is 6.17. The molecule has 1 aliphatic heterocycles. The SMILES string of the molecule is Cc1cccc(-c2nnc(SCC3CCCO3)n2C)c1. The van der Waals surface area contributed by atoms with Crippen LogP contribution in [0, 0.1) is 6.92 Å². The minimum absolute atomic E-state index is 0.374. The van der Waals surface area contributed by atoms with Gasteiger partial charge >= 0.3 is 0 Å². The summed E-state index contributed by atoms with van der Waals surface area (Å²) in [6.07, 6.45) is 2.72. The van der Waals surface area contributed by atoms with Gasteiger partial charge in [-0.15, -0.1) is 10.2 Å². The lowest BCUT2D eigenvalue weighted by molar-refractivity contribution is 0.129. The number of benzene rings is 1. The molecule has 0 bridgehead atoms. The summed E-state index contributed by atoms with van der Waals surface area (Å²) < 4.78 is 7.71. The zero-order valence-corrected chi connectivity index (χ0v) is 12.7. The maximum Gasteiger partial charge on any atom is 0.191 e. The fraction of sp³-hybridized carbons (Fsp3) is 0.467. The number of aromatic nitrogens is 3. The zero-order valence-electron chi connectivity index (χ0n) is 11.9. The summed E-state index contributed by atoms with van der Waals surface area (Å²) in [6.45, 7) is 2.99. The Balaban J connectivity index is 1.74. The number of hydrogen-bond acceptors (Lipinski definition) is 4. The van der Waals surface area contributed by atoms with Gasteiger partial charge in [0.1, 0.15) is 0 Å². The smallest absolute Gasteiger partial charge is 0.191 e. The van der Waals surface area contributed by atoms with E-state index in [-0.39, 0.29) is 0 Å². The Hall–Kier alpha value is -1.33. The maximum absolute atomic E-state index is 5.64. The molecule has 0 radical (unpaired) electrons. The number of rotatable bonds is 4. The van der Waals surface area contributed by atoms with Crippen LogP contribution in [0.15, 0.2) is 29.4 Å². The van der Waals surface area contributed by atoms with E-state index in [9.17, 15) is 0 Å². The standard InChI is InChI=1S/C15H19N3OS/c1-11-5-3-6-12(9-11)14-16-17-15(18(14)2)20-10-13-7-4-8-19-13/h3,5-6,9,13H,4,7-8,10H2,1-2H3. The van der Waals surface area contributed by atoms with Gasteiger partial charge in [0, 0.05) is 25.0 Å². The third kappa shape index (κ3) is 2.88. The highest BCUT2D eigenvalue weighted by molar-refractivity contribution is 7.99. The van der Waals surface area contributed by atoms with Crippen LogP contribution in [0.1, 0.15) is 18.4 Å². The third-order valence-corrected chi connectivity index (χ3v) is 4.69. The Morgan fingerprint density at radius 1 is 1.40 bits per heavy atom. The molecule has 0 aliphatic carbocycles. The average Bonchev–Trinajstić information content (AvgIpc) is 3.06. The summed E-state index contributed by atoms with van der Waals surface area (Å²) in [4.78, 5) is 0. The average molecular weight is 289 g/mol. The molecule has 1 aliphatic rings. The summed E-state index contributed by atoms with van der Waals surface area (Å²) in [5.74, 6) is 1.88.